The number of nitrogens with one attached hydrogen (secondary N) is 2. The highest BCUT2D eigenvalue weighted by Crippen LogP contribution is 2.19. The van der Waals surface area contributed by atoms with Crippen molar-refractivity contribution in [2.24, 2.45) is 5.92 Å². The number of piperidine rings is 1. The molecule has 1 aromatic rings. The van der Waals surface area contributed by atoms with E-state index < -0.39 is 6.10 Å². The van der Waals surface area contributed by atoms with Gasteiger partial charge in [-0.15, -0.1) is 0 Å². The van der Waals surface area contributed by atoms with Crippen LogP contribution in [0, 0.1) is 5.92 Å². The Hall–Kier alpha value is -1.43. The normalized spacial score (nSPS) is 26.0. The van der Waals surface area contributed by atoms with Crippen molar-refractivity contribution >= 4 is 11.6 Å². The molecule has 126 valence electrons. The summed E-state index contributed by atoms with van der Waals surface area (Å²) in [4.78, 5) is 14.6. The molecule has 0 bridgehead atoms. The number of nitrogens with zero attached hydrogens (tertiary/aromatic N) is 1. The average Bonchev–Trinajstić information content (AvgIpc) is 2.57. The molecule has 0 aliphatic carbocycles. The molecule has 2 aliphatic heterocycles. The zero-order valence-electron chi connectivity index (χ0n) is 13.9. The van der Waals surface area contributed by atoms with Gasteiger partial charge in [-0.25, -0.2) is 0 Å². The number of benzene rings is 1. The van der Waals surface area contributed by atoms with Gasteiger partial charge in [0.25, 0.3) is 5.91 Å². The fourth-order valence-corrected chi connectivity index (χ4v) is 3.34. The zero-order chi connectivity index (χ0) is 16.1. The van der Waals surface area contributed by atoms with Crippen molar-refractivity contribution < 1.29 is 9.53 Å². The summed E-state index contributed by atoms with van der Waals surface area (Å²) < 4.78 is 5.46. The minimum Gasteiger partial charge on any atom is -0.366 e. The lowest BCUT2D eigenvalue weighted by atomic mass is 10.00. The quantitative estimate of drug-likeness (QED) is 0.890. The van der Waals surface area contributed by atoms with Crippen molar-refractivity contribution in [3.8, 4) is 0 Å². The van der Waals surface area contributed by atoms with E-state index in [1.54, 1.807) is 0 Å². The largest absolute Gasteiger partial charge is 0.366 e. The molecule has 5 nitrogen and oxygen atoms in total. The van der Waals surface area contributed by atoms with E-state index in [4.69, 9.17) is 4.74 Å². The van der Waals surface area contributed by atoms with Gasteiger partial charge in [-0.2, -0.15) is 0 Å². The molecule has 2 unspecified atom stereocenters. The fourth-order valence-electron chi connectivity index (χ4n) is 3.34. The van der Waals surface area contributed by atoms with Crippen molar-refractivity contribution in [3.63, 3.8) is 0 Å². The molecule has 2 aliphatic rings. The Bertz CT molecular complexity index is 512. The Morgan fingerprint density at radius 1 is 1.39 bits per heavy atom. The maximum Gasteiger partial charge on any atom is 0.254 e. The molecule has 3 rings (SSSR count). The number of likely N-dealkylation sites (tertiary alicyclic amines) is 1. The molecule has 0 radical (unpaired) electrons. The van der Waals surface area contributed by atoms with Crippen LogP contribution in [0.2, 0.25) is 0 Å². The lowest BCUT2D eigenvalue weighted by Gasteiger charge is -2.30. The van der Waals surface area contributed by atoms with Gasteiger partial charge < -0.3 is 15.4 Å². The smallest absolute Gasteiger partial charge is 0.254 e. The van der Waals surface area contributed by atoms with E-state index in [-0.39, 0.29) is 5.91 Å². The molecule has 0 spiro atoms. The second-order valence-electron chi connectivity index (χ2n) is 6.73. The second-order valence-corrected chi connectivity index (χ2v) is 6.73. The standard InChI is InChI=1S/C18H27N3O2/c1-14-3-2-9-21(12-14)13-15-4-6-16(7-5-15)20-18(22)17-11-19-8-10-23-17/h4-7,14,17,19H,2-3,8-13H2,1H3,(H,20,22). The predicted octanol–water partition coefficient (Wildman–Crippen LogP) is 1.85. The number of carbonyl (C=O) groups is 1. The summed E-state index contributed by atoms with van der Waals surface area (Å²) in [6.45, 7) is 7.68. The van der Waals surface area contributed by atoms with Crippen LogP contribution in [0.3, 0.4) is 0 Å². The molecule has 23 heavy (non-hydrogen) atoms. The summed E-state index contributed by atoms with van der Waals surface area (Å²) in [5.74, 6) is 0.723. The molecule has 2 saturated heterocycles. The lowest BCUT2D eigenvalue weighted by molar-refractivity contribution is -0.128. The van der Waals surface area contributed by atoms with E-state index in [0.717, 1.165) is 24.7 Å². The van der Waals surface area contributed by atoms with Gasteiger partial charge in [0.2, 0.25) is 0 Å². The maximum absolute atomic E-state index is 12.1. The van der Waals surface area contributed by atoms with Crippen LogP contribution in [-0.4, -0.2) is 49.7 Å². The van der Waals surface area contributed by atoms with Gasteiger partial charge in [-0.05, 0) is 43.0 Å². The third kappa shape index (κ3) is 4.77. The first-order chi connectivity index (χ1) is 11.2. The van der Waals surface area contributed by atoms with Crippen LogP contribution < -0.4 is 10.6 Å². The second kappa shape index (κ2) is 7.90. The van der Waals surface area contributed by atoms with Crippen LogP contribution in [0.5, 0.6) is 0 Å². The van der Waals surface area contributed by atoms with Gasteiger partial charge in [0.05, 0.1) is 6.61 Å². The Morgan fingerprint density at radius 2 is 2.22 bits per heavy atom. The summed E-state index contributed by atoms with van der Waals surface area (Å²) in [7, 11) is 0. The highest BCUT2D eigenvalue weighted by molar-refractivity contribution is 5.94. The number of ether oxygens (including phenoxy) is 1. The Morgan fingerprint density at radius 3 is 2.91 bits per heavy atom. The number of rotatable bonds is 4. The number of carbonyl (C=O) groups excluding carboxylic acids is 1. The van der Waals surface area contributed by atoms with Crippen molar-refractivity contribution in [1.82, 2.24) is 10.2 Å². The molecule has 0 saturated carbocycles. The summed E-state index contributed by atoms with van der Waals surface area (Å²) >= 11 is 0. The van der Waals surface area contributed by atoms with Crippen LogP contribution in [-0.2, 0) is 16.1 Å². The molecule has 2 fully saturated rings. The van der Waals surface area contributed by atoms with Crippen LogP contribution in [0.25, 0.3) is 0 Å². The summed E-state index contributed by atoms with van der Waals surface area (Å²) in [6.07, 6.45) is 2.25. The number of anilines is 1. The summed E-state index contributed by atoms with van der Waals surface area (Å²) in [5.41, 5.74) is 2.13. The molecule has 2 atom stereocenters. The van der Waals surface area contributed by atoms with Crippen molar-refractivity contribution in [2.45, 2.75) is 32.4 Å². The van der Waals surface area contributed by atoms with Crippen molar-refractivity contribution in [1.29, 1.82) is 0 Å². The van der Waals surface area contributed by atoms with E-state index in [9.17, 15) is 4.79 Å². The van der Waals surface area contributed by atoms with Crippen LogP contribution in [0.1, 0.15) is 25.3 Å². The minimum absolute atomic E-state index is 0.0743. The molecule has 2 heterocycles. The molecular weight excluding hydrogens is 290 g/mol. The maximum atomic E-state index is 12.1. The molecule has 1 aromatic carbocycles. The van der Waals surface area contributed by atoms with E-state index in [0.29, 0.717) is 13.2 Å². The van der Waals surface area contributed by atoms with Gasteiger partial charge in [-0.1, -0.05) is 19.1 Å². The predicted molar refractivity (Wildman–Crippen MR) is 91.4 cm³/mol. The van der Waals surface area contributed by atoms with E-state index in [1.165, 1.54) is 31.5 Å². The van der Waals surface area contributed by atoms with E-state index in [2.05, 4.69) is 34.6 Å². The van der Waals surface area contributed by atoms with Gasteiger partial charge >= 0.3 is 0 Å². The number of hydrogen-bond donors (Lipinski definition) is 2. The van der Waals surface area contributed by atoms with Gasteiger partial charge in [0, 0.05) is 31.9 Å². The van der Waals surface area contributed by atoms with E-state index >= 15 is 0 Å². The number of amides is 1. The number of morpholine rings is 1. The average molecular weight is 317 g/mol. The highest BCUT2D eigenvalue weighted by Gasteiger charge is 2.21. The first kappa shape index (κ1) is 16.4. The fraction of sp³-hybridized carbons (Fsp3) is 0.611. The van der Waals surface area contributed by atoms with Gasteiger partial charge in [0.1, 0.15) is 6.10 Å². The van der Waals surface area contributed by atoms with Crippen molar-refractivity contribution in [3.05, 3.63) is 29.8 Å². The van der Waals surface area contributed by atoms with Crippen molar-refractivity contribution in [2.75, 3.05) is 38.1 Å². The topological polar surface area (TPSA) is 53.6 Å². The Kier molecular flexibility index (Phi) is 5.65. The summed E-state index contributed by atoms with van der Waals surface area (Å²) in [6, 6.07) is 8.18. The first-order valence-electron chi connectivity index (χ1n) is 8.65. The van der Waals surface area contributed by atoms with Crippen LogP contribution >= 0.6 is 0 Å². The molecule has 5 heteroatoms. The Balaban J connectivity index is 1.51. The SMILES string of the molecule is CC1CCCN(Cc2ccc(NC(=O)C3CNCCO3)cc2)C1. The van der Waals surface area contributed by atoms with Crippen LogP contribution in [0.15, 0.2) is 24.3 Å². The zero-order valence-corrected chi connectivity index (χ0v) is 13.9. The van der Waals surface area contributed by atoms with Crippen LogP contribution in [0.4, 0.5) is 5.69 Å². The molecule has 0 aromatic heterocycles. The van der Waals surface area contributed by atoms with Gasteiger partial charge in [-0.3, -0.25) is 9.69 Å². The third-order valence-electron chi connectivity index (χ3n) is 4.59. The highest BCUT2D eigenvalue weighted by atomic mass is 16.5. The monoisotopic (exact) mass is 317 g/mol. The minimum atomic E-state index is -0.390. The van der Waals surface area contributed by atoms with Gasteiger partial charge in [0.15, 0.2) is 0 Å². The lowest BCUT2D eigenvalue weighted by Crippen LogP contribution is -2.45. The molecule has 1 amide bonds. The van der Waals surface area contributed by atoms with E-state index in [1.807, 2.05) is 12.1 Å². The number of hydrogen-bond acceptors (Lipinski definition) is 4. The third-order valence-corrected chi connectivity index (χ3v) is 4.59. The molecule has 2 N–H and O–H groups in total. The molecular formula is C18H27N3O2. The first-order valence-corrected chi connectivity index (χ1v) is 8.65. The Labute approximate surface area is 138 Å². The summed E-state index contributed by atoms with van der Waals surface area (Å²) in [5, 5.41) is 6.10.